The molecule has 2 atom stereocenters. The predicted octanol–water partition coefficient (Wildman–Crippen LogP) is 4.52. The van der Waals surface area contributed by atoms with Crippen LogP contribution in [0.4, 0.5) is 0 Å². The molecular weight excluding hydrogens is 246 g/mol. The summed E-state index contributed by atoms with van der Waals surface area (Å²) in [5, 5.41) is 3.59. The quantitative estimate of drug-likeness (QED) is 0.754. The van der Waals surface area contributed by atoms with Gasteiger partial charge in [-0.2, -0.15) is 0 Å². The van der Waals surface area contributed by atoms with E-state index in [2.05, 4.69) is 71.1 Å². The molecule has 0 bridgehead atoms. The maximum Gasteiger partial charge on any atom is 0.0792 e. The molecule has 1 aromatic carbocycles. The highest BCUT2D eigenvalue weighted by molar-refractivity contribution is 5.27. The second-order valence-corrected chi connectivity index (χ2v) is 6.02. The highest BCUT2D eigenvalue weighted by Crippen LogP contribution is 2.26. The van der Waals surface area contributed by atoms with Gasteiger partial charge in [-0.1, -0.05) is 58.9 Å². The Morgan fingerprint density at radius 1 is 0.950 bits per heavy atom. The van der Waals surface area contributed by atoms with Crippen LogP contribution in [-0.4, -0.2) is 19.3 Å². The molecule has 0 amide bonds. The van der Waals surface area contributed by atoms with E-state index in [4.69, 9.17) is 4.74 Å². The lowest BCUT2D eigenvalue weighted by atomic mass is 9.91. The maximum atomic E-state index is 5.99. The predicted molar refractivity (Wildman–Crippen MR) is 87.2 cm³/mol. The van der Waals surface area contributed by atoms with Crippen molar-refractivity contribution >= 4 is 0 Å². The molecule has 0 aliphatic rings. The zero-order valence-corrected chi connectivity index (χ0v) is 13.9. The Kier molecular flexibility index (Phi) is 7.25. The van der Waals surface area contributed by atoms with Crippen LogP contribution in [-0.2, 0) is 4.74 Å². The second-order valence-electron chi connectivity index (χ2n) is 6.02. The molecule has 0 aromatic heterocycles. The van der Waals surface area contributed by atoms with Crippen molar-refractivity contribution in [1.29, 1.82) is 0 Å². The van der Waals surface area contributed by atoms with Gasteiger partial charge in [0.1, 0.15) is 0 Å². The molecule has 1 aromatic rings. The van der Waals surface area contributed by atoms with E-state index < -0.39 is 0 Å². The molecule has 114 valence electrons. The standard InChI is InChI=1S/C18H31NO/c1-7-19-17(18(14(5)6)20-8-2)16-11-9-15(10-12-16)13(3)4/h9-14,17-19H,7-8H2,1-6H3. The fourth-order valence-electron chi connectivity index (χ4n) is 2.60. The van der Waals surface area contributed by atoms with Crippen LogP contribution in [0, 0.1) is 5.92 Å². The first kappa shape index (κ1) is 17.2. The smallest absolute Gasteiger partial charge is 0.0792 e. The summed E-state index contributed by atoms with van der Waals surface area (Å²) in [5.74, 6) is 1.07. The summed E-state index contributed by atoms with van der Waals surface area (Å²) in [5.41, 5.74) is 2.71. The van der Waals surface area contributed by atoms with Gasteiger partial charge in [0, 0.05) is 6.61 Å². The molecule has 0 fully saturated rings. The summed E-state index contributed by atoms with van der Waals surface area (Å²) < 4.78 is 5.99. The first-order chi connectivity index (χ1) is 9.51. The van der Waals surface area contributed by atoms with Gasteiger partial charge in [0.05, 0.1) is 12.1 Å². The molecule has 0 saturated heterocycles. The van der Waals surface area contributed by atoms with E-state index in [9.17, 15) is 0 Å². The number of likely N-dealkylation sites (N-methyl/N-ethyl adjacent to an activating group) is 1. The highest BCUT2D eigenvalue weighted by atomic mass is 16.5. The van der Waals surface area contributed by atoms with Crippen molar-refractivity contribution in [2.75, 3.05) is 13.2 Å². The lowest BCUT2D eigenvalue weighted by Gasteiger charge is -2.31. The van der Waals surface area contributed by atoms with Gasteiger partial charge in [-0.05, 0) is 36.4 Å². The van der Waals surface area contributed by atoms with Gasteiger partial charge < -0.3 is 10.1 Å². The Morgan fingerprint density at radius 2 is 1.50 bits per heavy atom. The molecule has 0 saturated carbocycles. The van der Waals surface area contributed by atoms with E-state index in [1.165, 1.54) is 11.1 Å². The third kappa shape index (κ3) is 4.60. The molecule has 0 heterocycles. The van der Waals surface area contributed by atoms with Gasteiger partial charge in [-0.15, -0.1) is 0 Å². The van der Waals surface area contributed by atoms with Gasteiger partial charge in [0.15, 0.2) is 0 Å². The highest BCUT2D eigenvalue weighted by Gasteiger charge is 2.25. The van der Waals surface area contributed by atoms with Crippen LogP contribution >= 0.6 is 0 Å². The van der Waals surface area contributed by atoms with Crippen molar-refractivity contribution in [2.24, 2.45) is 5.92 Å². The van der Waals surface area contributed by atoms with E-state index >= 15 is 0 Å². The van der Waals surface area contributed by atoms with E-state index in [0.717, 1.165) is 13.2 Å². The largest absolute Gasteiger partial charge is 0.376 e. The van der Waals surface area contributed by atoms with Crippen LogP contribution in [0.25, 0.3) is 0 Å². The van der Waals surface area contributed by atoms with Gasteiger partial charge in [-0.25, -0.2) is 0 Å². The van der Waals surface area contributed by atoms with Crippen LogP contribution < -0.4 is 5.32 Å². The number of nitrogens with one attached hydrogen (secondary N) is 1. The average molecular weight is 277 g/mol. The van der Waals surface area contributed by atoms with Gasteiger partial charge >= 0.3 is 0 Å². The summed E-state index contributed by atoms with van der Waals surface area (Å²) in [4.78, 5) is 0. The fourth-order valence-corrected chi connectivity index (χ4v) is 2.60. The minimum Gasteiger partial charge on any atom is -0.376 e. The van der Waals surface area contributed by atoms with Crippen LogP contribution in [0.2, 0.25) is 0 Å². The molecule has 0 radical (unpaired) electrons. The minimum absolute atomic E-state index is 0.213. The van der Waals surface area contributed by atoms with Gasteiger partial charge in [0.25, 0.3) is 0 Å². The molecule has 1 N–H and O–H groups in total. The first-order valence-corrected chi connectivity index (χ1v) is 7.96. The van der Waals surface area contributed by atoms with Crippen molar-refractivity contribution in [3.63, 3.8) is 0 Å². The van der Waals surface area contributed by atoms with Crippen molar-refractivity contribution in [2.45, 2.75) is 59.6 Å². The first-order valence-electron chi connectivity index (χ1n) is 7.96. The zero-order chi connectivity index (χ0) is 15.1. The lowest BCUT2D eigenvalue weighted by molar-refractivity contribution is 0.00317. The molecular formula is C18H31NO. The van der Waals surface area contributed by atoms with Crippen LogP contribution in [0.1, 0.15) is 64.6 Å². The number of rotatable bonds is 8. The lowest BCUT2D eigenvalue weighted by Crippen LogP contribution is -2.37. The number of benzene rings is 1. The molecule has 2 heteroatoms. The van der Waals surface area contributed by atoms with Crippen LogP contribution in [0.15, 0.2) is 24.3 Å². The van der Waals surface area contributed by atoms with Crippen molar-refractivity contribution in [1.82, 2.24) is 5.32 Å². The summed E-state index contributed by atoms with van der Waals surface area (Å²) in [7, 11) is 0. The van der Waals surface area contributed by atoms with E-state index in [1.807, 2.05) is 0 Å². The van der Waals surface area contributed by atoms with Crippen LogP contribution in [0.5, 0.6) is 0 Å². The third-order valence-corrected chi connectivity index (χ3v) is 3.73. The molecule has 0 aliphatic heterocycles. The Balaban J connectivity index is 2.98. The SMILES string of the molecule is CCNC(c1ccc(C(C)C)cc1)C(OCC)C(C)C. The molecule has 1 rings (SSSR count). The minimum atomic E-state index is 0.213. The molecule has 2 nitrogen and oxygen atoms in total. The molecule has 0 aliphatic carbocycles. The third-order valence-electron chi connectivity index (χ3n) is 3.73. The number of hydrogen-bond donors (Lipinski definition) is 1. The normalized spacial score (nSPS) is 14.8. The zero-order valence-electron chi connectivity index (χ0n) is 13.9. The molecule has 2 unspecified atom stereocenters. The molecule has 20 heavy (non-hydrogen) atoms. The van der Waals surface area contributed by atoms with E-state index in [-0.39, 0.29) is 12.1 Å². The number of ether oxygens (including phenoxy) is 1. The summed E-state index contributed by atoms with van der Waals surface area (Å²) >= 11 is 0. The number of hydrogen-bond acceptors (Lipinski definition) is 2. The Morgan fingerprint density at radius 3 is 1.90 bits per heavy atom. The Hall–Kier alpha value is -0.860. The summed E-state index contributed by atoms with van der Waals surface area (Å²) in [6, 6.07) is 9.25. The van der Waals surface area contributed by atoms with Gasteiger partial charge in [-0.3, -0.25) is 0 Å². The van der Waals surface area contributed by atoms with Crippen molar-refractivity contribution in [3.8, 4) is 0 Å². The van der Waals surface area contributed by atoms with Crippen molar-refractivity contribution in [3.05, 3.63) is 35.4 Å². The van der Waals surface area contributed by atoms with Crippen LogP contribution in [0.3, 0.4) is 0 Å². The van der Waals surface area contributed by atoms with E-state index in [1.54, 1.807) is 0 Å². The average Bonchev–Trinajstić information content (AvgIpc) is 2.42. The maximum absolute atomic E-state index is 5.99. The monoisotopic (exact) mass is 277 g/mol. The second kappa shape index (κ2) is 8.43. The van der Waals surface area contributed by atoms with Crippen molar-refractivity contribution < 1.29 is 4.74 Å². The topological polar surface area (TPSA) is 21.3 Å². The van der Waals surface area contributed by atoms with E-state index in [0.29, 0.717) is 11.8 Å². The Bertz CT molecular complexity index is 370. The van der Waals surface area contributed by atoms with Gasteiger partial charge in [0.2, 0.25) is 0 Å². The summed E-state index contributed by atoms with van der Waals surface area (Å²) in [6.07, 6.45) is 0.213. The molecule has 0 spiro atoms. The fraction of sp³-hybridized carbons (Fsp3) is 0.667. The summed E-state index contributed by atoms with van der Waals surface area (Å²) in [6.45, 7) is 14.9. The Labute approximate surface area is 124 Å².